The van der Waals surface area contributed by atoms with E-state index in [4.69, 9.17) is 9.47 Å². The molecule has 5 nitrogen and oxygen atoms in total. The number of aliphatic hydroxyl groups is 1. The summed E-state index contributed by atoms with van der Waals surface area (Å²) in [6.45, 7) is 1.89. The minimum Gasteiger partial charge on any atom is -0.493 e. The molecule has 1 N–H and O–H groups in total. The highest BCUT2D eigenvalue weighted by Gasteiger charge is 2.36. The van der Waals surface area contributed by atoms with E-state index in [2.05, 4.69) is 17.0 Å². The minimum atomic E-state index is -0.230. The lowest BCUT2D eigenvalue weighted by Crippen LogP contribution is -2.40. The third kappa shape index (κ3) is 3.37. The van der Waals surface area contributed by atoms with Gasteiger partial charge in [0.2, 0.25) is 0 Å². The molecule has 3 aromatic carbocycles. The predicted molar refractivity (Wildman–Crippen MR) is 128 cm³/mol. The van der Waals surface area contributed by atoms with Crippen molar-refractivity contribution >= 4 is 10.9 Å². The van der Waals surface area contributed by atoms with E-state index in [1.807, 2.05) is 41.0 Å². The Labute approximate surface area is 198 Å². The molecule has 1 aromatic heterocycles. The van der Waals surface area contributed by atoms with Gasteiger partial charge in [0.1, 0.15) is 19.2 Å². The molecule has 174 valence electrons. The molecular weight excluding hydrogens is 431 g/mol. The van der Waals surface area contributed by atoms with E-state index in [0.29, 0.717) is 25.0 Å². The van der Waals surface area contributed by atoms with Gasteiger partial charge >= 0.3 is 0 Å². The second-order valence-electron chi connectivity index (χ2n) is 9.05. The van der Waals surface area contributed by atoms with Gasteiger partial charge in [-0.05, 0) is 59.4 Å². The second kappa shape index (κ2) is 8.46. The zero-order valence-electron chi connectivity index (χ0n) is 19.1. The van der Waals surface area contributed by atoms with Crippen molar-refractivity contribution in [1.82, 2.24) is 9.47 Å². The first kappa shape index (κ1) is 21.2. The number of rotatable bonds is 5. The largest absolute Gasteiger partial charge is 0.493 e. The van der Waals surface area contributed by atoms with E-state index < -0.39 is 0 Å². The molecule has 0 aliphatic carbocycles. The number of methoxy groups -OCH3 is 1. The SMILES string of the molecule is COc1cc2c(cc1OCc1ccccc1)C1Cc3c(n(CO)c4cccc(F)c34)CN1CC2. The molecule has 3 heterocycles. The standard InChI is InChI=1S/C28H27FN2O3/c1-33-26-12-19-10-11-30-15-25-21(28-22(29)8-5-9-23(28)31(25)17-32)13-24(30)20(19)14-27(26)34-16-18-6-3-2-4-7-18/h2-9,12,14,24,32H,10-11,13,15-17H2,1H3. The van der Waals surface area contributed by atoms with Gasteiger partial charge in [0.25, 0.3) is 0 Å². The van der Waals surface area contributed by atoms with Gasteiger partial charge in [0, 0.05) is 30.2 Å². The third-order valence-corrected chi connectivity index (χ3v) is 7.28. The summed E-state index contributed by atoms with van der Waals surface area (Å²) in [5.41, 5.74) is 6.32. The maximum atomic E-state index is 14.9. The molecule has 0 amide bonds. The highest BCUT2D eigenvalue weighted by atomic mass is 19.1. The highest BCUT2D eigenvalue weighted by Crippen LogP contribution is 2.45. The Kier molecular flexibility index (Phi) is 5.27. The summed E-state index contributed by atoms with van der Waals surface area (Å²) in [5.74, 6) is 1.23. The molecule has 2 aliphatic heterocycles. The van der Waals surface area contributed by atoms with E-state index in [0.717, 1.165) is 46.8 Å². The number of hydrogen-bond donors (Lipinski definition) is 1. The van der Waals surface area contributed by atoms with Crippen molar-refractivity contribution in [3.05, 3.63) is 94.4 Å². The maximum Gasteiger partial charge on any atom is 0.162 e. The van der Waals surface area contributed by atoms with Gasteiger partial charge in [-0.2, -0.15) is 0 Å². The zero-order valence-corrected chi connectivity index (χ0v) is 19.1. The lowest BCUT2D eigenvalue weighted by molar-refractivity contribution is 0.145. The van der Waals surface area contributed by atoms with E-state index in [9.17, 15) is 9.50 Å². The second-order valence-corrected chi connectivity index (χ2v) is 9.05. The van der Waals surface area contributed by atoms with Gasteiger partial charge in [-0.3, -0.25) is 4.90 Å². The lowest BCUT2D eigenvalue weighted by Gasteiger charge is -2.41. The fraction of sp³-hybridized carbons (Fsp3) is 0.286. The van der Waals surface area contributed by atoms with E-state index in [1.165, 1.54) is 17.2 Å². The molecule has 0 fully saturated rings. The van der Waals surface area contributed by atoms with Crippen LogP contribution in [0.25, 0.3) is 10.9 Å². The molecule has 2 aliphatic rings. The van der Waals surface area contributed by atoms with Gasteiger partial charge in [0.05, 0.1) is 12.6 Å². The quantitative estimate of drug-likeness (QED) is 0.459. The first-order valence-electron chi connectivity index (χ1n) is 11.7. The van der Waals surface area contributed by atoms with Crippen molar-refractivity contribution < 1.29 is 19.0 Å². The average Bonchev–Trinajstić information content (AvgIpc) is 3.19. The molecule has 6 heteroatoms. The summed E-state index contributed by atoms with van der Waals surface area (Å²) >= 11 is 0. The van der Waals surface area contributed by atoms with E-state index >= 15 is 0 Å². The Hall–Kier alpha value is -3.35. The van der Waals surface area contributed by atoms with E-state index in [-0.39, 0.29) is 18.6 Å². The van der Waals surface area contributed by atoms with Gasteiger partial charge in [0.15, 0.2) is 11.5 Å². The van der Waals surface area contributed by atoms with Crippen LogP contribution < -0.4 is 9.47 Å². The number of aliphatic hydroxyl groups excluding tert-OH is 1. The van der Waals surface area contributed by atoms with Gasteiger partial charge < -0.3 is 19.1 Å². The molecule has 34 heavy (non-hydrogen) atoms. The molecular formula is C28H27FN2O3. The van der Waals surface area contributed by atoms with Crippen LogP contribution in [-0.4, -0.2) is 28.2 Å². The monoisotopic (exact) mass is 458 g/mol. The number of halogens is 1. The van der Waals surface area contributed by atoms with Crippen LogP contribution in [0.1, 0.15) is 34.0 Å². The van der Waals surface area contributed by atoms with Crippen LogP contribution in [0.4, 0.5) is 4.39 Å². The summed E-state index contributed by atoms with van der Waals surface area (Å²) in [6, 6.07) is 19.5. The molecule has 0 bridgehead atoms. The van der Waals surface area contributed by atoms with Gasteiger partial charge in [-0.1, -0.05) is 36.4 Å². The van der Waals surface area contributed by atoms with Crippen molar-refractivity contribution in [2.24, 2.45) is 0 Å². The molecule has 1 unspecified atom stereocenters. The van der Waals surface area contributed by atoms with Crippen molar-refractivity contribution in [2.45, 2.75) is 38.8 Å². The van der Waals surface area contributed by atoms with Crippen LogP contribution in [0.15, 0.2) is 60.7 Å². The Balaban J connectivity index is 1.40. The van der Waals surface area contributed by atoms with Crippen molar-refractivity contribution in [3.8, 4) is 11.5 Å². The van der Waals surface area contributed by atoms with Crippen molar-refractivity contribution in [3.63, 3.8) is 0 Å². The highest BCUT2D eigenvalue weighted by molar-refractivity contribution is 5.86. The molecule has 1 atom stereocenters. The molecule has 0 radical (unpaired) electrons. The van der Waals surface area contributed by atoms with Crippen LogP contribution in [-0.2, 0) is 32.7 Å². The third-order valence-electron chi connectivity index (χ3n) is 7.28. The van der Waals surface area contributed by atoms with Gasteiger partial charge in [-0.15, -0.1) is 0 Å². The van der Waals surface area contributed by atoms with Gasteiger partial charge in [-0.25, -0.2) is 4.39 Å². The topological polar surface area (TPSA) is 46.9 Å². The smallest absolute Gasteiger partial charge is 0.162 e. The van der Waals surface area contributed by atoms with Crippen molar-refractivity contribution in [1.29, 1.82) is 0 Å². The Morgan fingerprint density at radius 2 is 1.91 bits per heavy atom. The van der Waals surface area contributed by atoms with Crippen molar-refractivity contribution in [2.75, 3.05) is 13.7 Å². The normalized spacial score (nSPS) is 17.2. The summed E-state index contributed by atoms with van der Waals surface area (Å²) in [5, 5.41) is 10.7. The van der Waals surface area contributed by atoms with Crippen LogP contribution in [0.3, 0.4) is 0 Å². The molecule has 4 aromatic rings. The fourth-order valence-electron chi connectivity index (χ4n) is 5.63. The fourth-order valence-corrected chi connectivity index (χ4v) is 5.63. The van der Waals surface area contributed by atoms with Crippen LogP contribution in [0, 0.1) is 5.82 Å². The summed E-state index contributed by atoms with van der Waals surface area (Å²) in [6.07, 6.45) is 1.60. The number of benzene rings is 3. The number of fused-ring (bicyclic) bond motifs is 6. The lowest BCUT2D eigenvalue weighted by atomic mass is 9.85. The summed E-state index contributed by atoms with van der Waals surface area (Å²) in [4.78, 5) is 2.43. The maximum absolute atomic E-state index is 14.9. The minimum absolute atomic E-state index is 0.124. The predicted octanol–water partition coefficient (Wildman–Crippen LogP) is 4.97. The van der Waals surface area contributed by atoms with E-state index in [1.54, 1.807) is 13.2 Å². The number of aromatic nitrogens is 1. The summed E-state index contributed by atoms with van der Waals surface area (Å²) in [7, 11) is 1.67. The Morgan fingerprint density at radius 1 is 1.06 bits per heavy atom. The number of nitrogens with zero attached hydrogens (tertiary/aromatic N) is 2. The van der Waals surface area contributed by atoms with Crippen LogP contribution in [0.5, 0.6) is 11.5 Å². The Morgan fingerprint density at radius 3 is 2.71 bits per heavy atom. The first-order chi connectivity index (χ1) is 16.7. The molecule has 0 spiro atoms. The average molecular weight is 459 g/mol. The molecule has 6 rings (SSSR count). The van der Waals surface area contributed by atoms with Crippen LogP contribution in [0.2, 0.25) is 0 Å². The molecule has 0 saturated heterocycles. The zero-order chi connectivity index (χ0) is 23.2. The molecule has 0 saturated carbocycles. The Bertz CT molecular complexity index is 1370. The number of ether oxygens (including phenoxy) is 2. The van der Waals surface area contributed by atoms with Crippen LogP contribution >= 0.6 is 0 Å². The number of hydrogen-bond acceptors (Lipinski definition) is 4. The summed E-state index contributed by atoms with van der Waals surface area (Å²) < 4.78 is 28.6. The first-order valence-corrected chi connectivity index (χ1v) is 11.7.